The van der Waals surface area contributed by atoms with Crippen LogP contribution in [-0.2, 0) is 7.05 Å². The van der Waals surface area contributed by atoms with E-state index in [1.54, 1.807) is 17.8 Å². The van der Waals surface area contributed by atoms with Crippen LogP contribution in [0.4, 0.5) is 5.82 Å². The van der Waals surface area contributed by atoms with Gasteiger partial charge >= 0.3 is 0 Å². The van der Waals surface area contributed by atoms with Crippen LogP contribution < -0.4 is 5.73 Å². The summed E-state index contributed by atoms with van der Waals surface area (Å²) in [7, 11) is 1.76. The average Bonchev–Trinajstić information content (AvgIpc) is 2.51. The molecule has 0 unspecified atom stereocenters. The molecule has 0 atom stereocenters. The summed E-state index contributed by atoms with van der Waals surface area (Å²) in [4.78, 5) is 12.2. The number of aryl methyl sites for hydroxylation is 1. The van der Waals surface area contributed by atoms with E-state index in [9.17, 15) is 4.79 Å². The van der Waals surface area contributed by atoms with Gasteiger partial charge in [0, 0.05) is 19.0 Å². The molecule has 16 heavy (non-hydrogen) atoms. The predicted octanol–water partition coefficient (Wildman–Crippen LogP) is 2.16. The van der Waals surface area contributed by atoms with Crippen molar-refractivity contribution in [1.82, 2.24) is 9.78 Å². The minimum absolute atomic E-state index is 0.164. The average molecular weight is 221 g/mol. The molecule has 0 aliphatic heterocycles. The molecule has 1 aromatic rings. The summed E-state index contributed by atoms with van der Waals surface area (Å²) in [6.45, 7) is 0. The van der Waals surface area contributed by atoms with E-state index in [1.165, 1.54) is 25.7 Å². The van der Waals surface area contributed by atoms with Gasteiger partial charge < -0.3 is 5.73 Å². The Morgan fingerprint density at radius 2 is 2.00 bits per heavy atom. The van der Waals surface area contributed by atoms with Crippen molar-refractivity contribution < 1.29 is 4.79 Å². The number of hydrogen-bond donors (Lipinski definition) is 1. The van der Waals surface area contributed by atoms with Gasteiger partial charge in [0.2, 0.25) is 0 Å². The van der Waals surface area contributed by atoms with Crippen LogP contribution in [0.15, 0.2) is 6.07 Å². The smallest absolute Gasteiger partial charge is 0.186 e. The zero-order valence-corrected chi connectivity index (χ0v) is 9.78. The van der Waals surface area contributed by atoms with Crippen molar-refractivity contribution in [3.05, 3.63) is 11.8 Å². The van der Waals surface area contributed by atoms with Gasteiger partial charge in [0.1, 0.15) is 11.5 Å². The van der Waals surface area contributed by atoms with Crippen molar-refractivity contribution in [3.63, 3.8) is 0 Å². The SMILES string of the molecule is Cn1nc(C(=O)C2CCCCCC2)cc1N. The Labute approximate surface area is 95.8 Å². The minimum Gasteiger partial charge on any atom is -0.384 e. The number of hydrogen-bond acceptors (Lipinski definition) is 3. The Balaban J connectivity index is 2.11. The van der Waals surface area contributed by atoms with E-state index in [0.717, 1.165) is 12.8 Å². The molecule has 1 aromatic heterocycles. The maximum absolute atomic E-state index is 12.2. The second-order valence-corrected chi connectivity index (χ2v) is 4.63. The molecule has 1 aliphatic rings. The van der Waals surface area contributed by atoms with Crippen LogP contribution in [0.2, 0.25) is 0 Å². The fraction of sp³-hybridized carbons (Fsp3) is 0.667. The second-order valence-electron chi connectivity index (χ2n) is 4.63. The lowest BCUT2D eigenvalue weighted by atomic mass is 9.94. The van der Waals surface area contributed by atoms with E-state index in [2.05, 4.69) is 5.10 Å². The number of Topliss-reactive ketones (excluding diaryl/α,β-unsaturated/α-hetero) is 1. The molecule has 0 spiro atoms. The summed E-state index contributed by atoms with van der Waals surface area (Å²) in [5, 5.41) is 4.16. The normalized spacial score (nSPS) is 18.3. The molecule has 0 amide bonds. The summed E-state index contributed by atoms with van der Waals surface area (Å²) in [5.41, 5.74) is 6.22. The molecule has 0 bridgehead atoms. The summed E-state index contributed by atoms with van der Waals surface area (Å²) in [5.74, 6) is 0.892. The van der Waals surface area contributed by atoms with E-state index in [4.69, 9.17) is 5.73 Å². The third-order valence-electron chi connectivity index (χ3n) is 3.39. The first-order valence-electron chi connectivity index (χ1n) is 6.02. The molecule has 4 heteroatoms. The molecule has 0 saturated heterocycles. The third kappa shape index (κ3) is 2.26. The Bertz CT molecular complexity index is 356. The number of nitrogen functional groups attached to an aromatic ring is 1. The molecule has 1 fully saturated rings. The number of aromatic nitrogens is 2. The van der Waals surface area contributed by atoms with E-state index >= 15 is 0 Å². The maximum atomic E-state index is 12.2. The Morgan fingerprint density at radius 3 is 2.50 bits per heavy atom. The molecule has 0 aromatic carbocycles. The van der Waals surface area contributed by atoms with Crippen LogP contribution >= 0.6 is 0 Å². The topological polar surface area (TPSA) is 60.9 Å². The first-order chi connectivity index (χ1) is 7.68. The van der Waals surface area contributed by atoms with Crippen LogP contribution in [0, 0.1) is 5.92 Å². The fourth-order valence-corrected chi connectivity index (χ4v) is 2.35. The highest BCUT2D eigenvalue weighted by atomic mass is 16.1. The Morgan fingerprint density at radius 1 is 1.38 bits per heavy atom. The van der Waals surface area contributed by atoms with Crippen LogP contribution in [0.1, 0.15) is 49.0 Å². The lowest BCUT2D eigenvalue weighted by Gasteiger charge is -2.10. The molecule has 4 nitrogen and oxygen atoms in total. The van der Waals surface area contributed by atoms with Gasteiger partial charge in [0.05, 0.1) is 0 Å². The maximum Gasteiger partial charge on any atom is 0.186 e. The molecule has 0 radical (unpaired) electrons. The van der Waals surface area contributed by atoms with Gasteiger partial charge in [-0.05, 0) is 12.8 Å². The third-order valence-corrected chi connectivity index (χ3v) is 3.39. The predicted molar refractivity (Wildman–Crippen MR) is 63.1 cm³/mol. The molecule has 2 rings (SSSR count). The number of ketones is 1. The summed E-state index contributed by atoms with van der Waals surface area (Å²) < 4.78 is 1.56. The summed E-state index contributed by atoms with van der Waals surface area (Å²) >= 11 is 0. The molecule has 2 N–H and O–H groups in total. The van der Waals surface area contributed by atoms with Gasteiger partial charge in [0.15, 0.2) is 5.78 Å². The monoisotopic (exact) mass is 221 g/mol. The van der Waals surface area contributed by atoms with Gasteiger partial charge in [-0.2, -0.15) is 5.10 Å². The number of rotatable bonds is 2. The van der Waals surface area contributed by atoms with E-state index in [-0.39, 0.29) is 11.7 Å². The van der Waals surface area contributed by atoms with Crippen LogP contribution in [0.5, 0.6) is 0 Å². The number of carbonyl (C=O) groups is 1. The molecular weight excluding hydrogens is 202 g/mol. The number of nitrogens with two attached hydrogens (primary N) is 1. The van der Waals surface area contributed by atoms with E-state index < -0.39 is 0 Å². The summed E-state index contributed by atoms with van der Waals surface area (Å²) in [6, 6.07) is 1.69. The van der Waals surface area contributed by atoms with Gasteiger partial charge in [-0.15, -0.1) is 0 Å². The van der Waals surface area contributed by atoms with Gasteiger partial charge in [-0.3, -0.25) is 9.48 Å². The summed E-state index contributed by atoms with van der Waals surface area (Å²) in [6.07, 6.45) is 6.87. The van der Waals surface area contributed by atoms with Crippen LogP contribution in [0.3, 0.4) is 0 Å². The van der Waals surface area contributed by atoms with Crippen LogP contribution in [0.25, 0.3) is 0 Å². The van der Waals surface area contributed by atoms with E-state index in [0.29, 0.717) is 11.5 Å². The fourth-order valence-electron chi connectivity index (χ4n) is 2.35. The quantitative estimate of drug-likeness (QED) is 0.615. The number of carbonyl (C=O) groups excluding carboxylic acids is 1. The number of nitrogens with zero attached hydrogens (tertiary/aromatic N) is 2. The lowest BCUT2D eigenvalue weighted by Crippen LogP contribution is -2.14. The van der Waals surface area contributed by atoms with Crippen molar-refractivity contribution in [2.24, 2.45) is 13.0 Å². The van der Waals surface area contributed by atoms with E-state index in [1.807, 2.05) is 0 Å². The molecular formula is C12H19N3O. The van der Waals surface area contributed by atoms with Crippen LogP contribution in [-0.4, -0.2) is 15.6 Å². The number of anilines is 1. The van der Waals surface area contributed by atoms with Gasteiger partial charge in [-0.25, -0.2) is 0 Å². The first-order valence-corrected chi connectivity index (χ1v) is 6.02. The molecule has 88 valence electrons. The lowest BCUT2D eigenvalue weighted by molar-refractivity contribution is 0.0902. The highest BCUT2D eigenvalue weighted by molar-refractivity contribution is 5.96. The van der Waals surface area contributed by atoms with Gasteiger partial charge in [0.25, 0.3) is 0 Å². The standard InChI is InChI=1S/C12H19N3O/c1-15-11(13)8-10(14-15)12(16)9-6-4-2-3-5-7-9/h8-9H,2-7,13H2,1H3. The van der Waals surface area contributed by atoms with Gasteiger partial charge in [-0.1, -0.05) is 25.7 Å². The zero-order chi connectivity index (χ0) is 11.5. The highest BCUT2D eigenvalue weighted by Gasteiger charge is 2.23. The molecule has 1 heterocycles. The first kappa shape index (κ1) is 11.2. The van der Waals surface area contributed by atoms with Crippen molar-refractivity contribution >= 4 is 11.6 Å². The van der Waals surface area contributed by atoms with Crippen molar-refractivity contribution in [3.8, 4) is 0 Å². The van der Waals surface area contributed by atoms with Crippen molar-refractivity contribution in [2.45, 2.75) is 38.5 Å². The molecule has 1 aliphatic carbocycles. The zero-order valence-electron chi connectivity index (χ0n) is 9.78. The minimum atomic E-state index is 0.164. The Kier molecular flexibility index (Phi) is 3.27. The molecule has 1 saturated carbocycles. The van der Waals surface area contributed by atoms with Crippen molar-refractivity contribution in [1.29, 1.82) is 0 Å². The second kappa shape index (κ2) is 4.68. The highest BCUT2D eigenvalue weighted by Crippen LogP contribution is 2.26. The Hall–Kier alpha value is -1.32. The van der Waals surface area contributed by atoms with Crippen molar-refractivity contribution in [2.75, 3.05) is 5.73 Å². The largest absolute Gasteiger partial charge is 0.384 e.